The Bertz CT molecular complexity index is 1110. The number of carboxylic acids is 1. The SMILES string of the molecule is COC(=O)C1C(C)=NC2=C(C(=O)c3ccccc32)[C@H]1c1ccc(OCC(=O)[O-])cc1. The Labute approximate surface area is 172 Å². The molecule has 0 bridgehead atoms. The molecule has 0 saturated carbocycles. The van der Waals surface area contributed by atoms with E-state index in [1.807, 2.05) is 12.1 Å². The van der Waals surface area contributed by atoms with Gasteiger partial charge in [0.1, 0.15) is 18.3 Å². The van der Waals surface area contributed by atoms with Crippen molar-refractivity contribution in [2.45, 2.75) is 12.8 Å². The molecule has 1 unspecified atom stereocenters. The van der Waals surface area contributed by atoms with Crippen LogP contribution in [0.2, 0.25) is 0 Å². The van der Waals surface area contributed by atoms with Crippen molar-refractivity contribution < 1.29 is 29.0 Å². The highest BCUT2D eigenvalue weighted by atomic mass is 16.5. The van der Waals surface area contributed by atoms with E-state index in [1.54, 1.807) is 43.3 Å². The Morgan fingerprint density at radius 1 is 1.07 bits per heavy atom. The number of hydrogen-bond acceptors (Lipinski definition) is 7. The maximum Gasteiger partial charge on any atom is 0.315 e. The van der Waals surface area contributed by atoms with Gasteiger partial charge < -0.3 is 19.4 Å². The van der Waals surface area contributed by atoms with E-state index in [-0.39, 0.29) is 5.78 Å². The van der Waals surface area contributed by atoms with Crippen molar-refractivity contribution in [1.82, 2.24) is 0 Å². The lowest BCUT2D eigenvalue weighted by Crippen LogP contribution is -2.34. The van der Waals surface area contributed by atoms with E-state index in [0.717, 1.165) is 5.56 Å². The van der Waals surface area contributed by atoms with Crippen molar-refractivity contribution >= 4 is 29.1 Å². The number of carboxylic acid groups (broad SMARTS) is 1. The van der Waals surface area contributed by atoms with Gasteiger partial charge in [-0.1, -0.05) is 36.4 Å². The van der Waals surface area contributed by atoms with Crippen molar-refractivity contribution in [3.05, 3.63) is 70.8 Å². The highest BCUT2D eigenvalue weighted by molar-refractivity contribution is 6.24. The number of carbonyl (C=O) groups excluding carboxylic acids is 3. The summed E-state index contributed by atoms with van der Waals surface area (Å²) >= 11 is 0. The van der Waals surface area contributed by atoms with E-state index in [9.17, 15) is 19.5 Å². The predicted octanol–water partition coefficient (Wildman–Crippen LogP) is 1.77. The number of aliphatic imine (C=N–C) groups is 1. The van der Waals surface area contributed by atoms with Crippen LogP contribution >= 0.6 is 0 Å². The van der Waals surface area contributed by atoms with E-state index < -0.39 is 30.4 Å². The van der Waals surface area contributed by atoms with E-state index in [2.05, 4.69) is 4.99 Å². The van der Waals surface area contributed by atoms with Gasteiger partial charge >= 0.3 is 5.97 Å². The fraction of sp³-hybridized carbons (Fsp3) is 0.217. The number of ether oxygens (including phenoxy) is 2. The quantitative estimate of drug-likeness (QED) is 0.704. The fourth-order valence-electron chi connectivity index (χ4n) is 4.05. The molecule has 1 heterocycles. The molecule has 30 heavy (non-hydrogen) atoms. The topological polar surface area (TPSA) is 105 Å². The molecule has 0 N–H and O–H groups in total. The van der Waals surface area contributed by atoms with Crippen LogP contribution in [0.4, 0.5) is 0 Å². The number of ketones is 1. The van der Waals surface area contributed by atoms with E-state index >= 15 is 0 Å². The van der Waals surface area contributed by atoms with Gasteiger partial charge in [-0.15, -0.1) is 0 Å². The molecule has 2 aromatic carbocycles. The lowest BCUT2D eigenvalue weighted by atomic mass is 9.75. The van der Waals surface area contributed by atoms with Gasteiger partial charge in [0.15, 0.2) is 5.78 Å². The lowest BCUT2D eigenvalue weighted by Gasteiger charge is -2.30. The van der Waals surface area contributed by atoms with Gasteiger partial charge in [-0.3, -0.25) is 14.6 Å². The van der Waals surface area contributed by atoms with Crippen molar-refractivity contribution in [2.75, 3.05) is 13.7 Å². The molecule has 1 aliphatic heterocycles. The zero-order valence-corrected chi connectivity index (χ0v) is 16.4. The number of benzene rings is 2. The van der Waals surface area contributed by atoms with Gasteiger partial charge in [-0.25, -0.2) is 0 Å². The predicted molar refractivity (Wildman–Crippen MR) is 106 cm³/mol. The normalized spacial score (nSPS) is 19.7. The minimum Gasteiger partial charge on any atom is -0.546 e. The van der Waals surface area contributed by atoms with Crippen LogP contribution in [0, 0.1) is 5.92 Å². The molecule has 0 spiro atoms. The second kappa shape index (κ2) is 7.59. The first-order chi connectivity index (χ1) is 14.4. The molecule has 2 aromatic rings. The summed E-state index contributed by atoms with van der Waals surface area (Å²) in [4.78, 5) is 41.1. The van der Waals surface area contributed by atoms with Crippen LogP contribution in [0.15, 0.2) is 59.1 Å². The van der Waals surface area contributed by atoms with E-state index in [0.29, 0.717) is 33.9 Å². The highest BCUT2D eigenvalue weighted by Crippen LogP contribution is 2.48. The van der Waals surface area contributed by atoms with Crippen molar-refractivity contribution in [3.8, 4) is 5.75 Å². The van der Waals surface area contributed by atoms with Gasteiger partial charge in [0, 0.05) is 28.3 Å². The van der Waals surface area contributed by atoms with E-state index in [4.69, 9.17) is 9.47 Å². The van der Waals surface area contributed by atoms with Crippen LogP contribution in [-0.2, 0) is 14.3 Å². The number of carbonyl (C=O) groups is 3. The molecule has 2 atom stereocenters. The Balaban J connectivity index is 1.80. The standard InChI is InChI=1S/C23H19NO6/c1-12-18(23(28)29-2)19(13-7-9-14(10-8-13)30-11-17(25)26)20-21(24-12)15-5-3-4-6-16(15)22(20)27/h3-10,18-19H,11H2,1-2H3,(H,25,26)/p-1/t18?,19-/m0/s1. The first-order valence-corrected chi connectivity index (χ1v) is 9.36. The summed E-state index contributed by atoms with van der Waals surface area (Å²) in [7, 11) is 1.30. The monoisotopic (exact) mass is 404 g/mol. The minimum absolute atomic E-state index is 0.159. The average Bonchev–Trinajstić information content (AvgIpc) is 3.03. The molecule has 7 heteroatoms. The number of methoxy groups -OCH3 is 1. The maximum atomic E-state index is 13.2. The summed E-state index contributed by atoms with van der Waals surface area (Å²) in [5.74, 6) is -2.95. The molecule has 4 rings (SSSR count). The van der Waals surface area contributed by atoms with Gasteiger partial charge in [0.25, 0.3) is 0 Å². The number of allylic oxidation sites excluding steroid dienone is 1. The summed E-state index contributed by atoms with van der Waals surface area (Å²) in [5, 5.41) is 10.6. The Kier molecular flexibility index (Phi) is 4.95. The summed E-state index contributed by atoms with van der Waals surface area (Å²) < 4.78 is 10.1. The molecule has 2 aliphatic rings. The summed E-state index contributed by atoms with van der Waals surface area (Å²) in [5.41, 5.74) is 3.61. The molecule has 0 radical (unpaired) electrons. The maximum absolute atomic E-state index is 13.2. The second-order valence-electron chi connectivity index (χ2n) is 7.10. The molecule has 0 fully saturated rings. The first-order valence-electron chi connectivity index (χ1n) is 9.36. The zero-order chi connectivity index (χ0) is 21.4. The van der Waals surface area contributed by atoms with Crippen LogP contribution in [0.3, 0.4) is 0 Å². The van der Waals surface area contributed by atoms with Crippen molar-refractivity contribution in [1.29, 1.82) is 0 Å². The second-order valence-corrected chi connectivity index (χ2v) is 7.10. The smallest absolute Gasteiger partial charge is 0.315 e. The number of hydrogen-bond donors (Lipinski definition) is 0. The van der Waals surface area contributed by atoms with Gasteiger partial charge in [0.2, 0.25) is 0 Å². The molecular weight excluding hydrogens is 386 g/mol. The van der Waals surface area contributed by atoms with Crippen LogP contribution in [0.25, 0.3) is 5.70 Å². The number of esters is 1. The van der Waals surface area contributed by atoms with Crippen LogP contribution in [-0.4, -0.2) is 37.2 Å². The first kappa shape index (κ1) is 19.6. The third-order valence-electron chi connectivity index (χ3n) is 5.36. The summed E-state index contributed by atoms with van der Waals surface area (Å²) in [6.07, 6.45) is 0. The summed E-state index contributed by atoms with van der Waals surface area (Å²) in [6.45, 7) is 1.18. The number of nitrogens with zero attached hydrogens (tertiary/aromatic N) is 1. The number of aliphatic carboxylic acids is 1. The van der Waals surface area contributed by atoms with Gasteiger partial charge in [-0.05, 0) is 24.6 Å². The summed E-state index contributed by atoms with van der Waals surface area (Å²) in [6, 6.07) is 13.9. The Morgan fingerprint density at radius 2 is 1.73 bits per heavy atom. The Morgan fingerprint density at radius 3 is 2.37 bits per heavy atom. The van der Waals surface area contributed by atoms with Crippen LogP contribution in [0.5, 0.6) is 5.75 Å². The zero-order valence-electron chi connectivity index (χ0n) is 16.4. The largest absolute Gasteiger partial charge is 0.546 e. The molecule has 7 nitrogen and oxygen atoms in total. The fourth-order valence-corrected chi connectivity index (χ4v) is 4.05. The molecule has 0 saturated heterocycles. The average molecular weight is 404 g/mol. The van der Waals surface area contributed by atoms with Gasteiger partial charge in [-0.2, -0.15) is 0 Å². The van der Waals surface area contributed by atoms with E-state index in [1.165, 1.54) is 7.11 Å². The van der Waals surface area contributed by atoms with Crippen LogP contribution < -0.4 is 9.84 Å². The van der Waals surface area contributed by atoms with Crippen LogP contribution in [0.1, 0.15) is 34.3 Å². The number of rotatable bonds is 5. The van der Waals surface area contributed by atoms with Crippen molar-refractivity contribution in [3.63, 3.8) is 0 Å². The third kappa shape index (κ3) is 3.18. The number of fused-ring (bicyclic) bond motifs is 2. The van der Waals surface area contributed by atoms with Gasteiger partial charge in [0.05, 0.1) is 18.8 Å². The minimum atomic E-state index is -1.33. The highest BCUT2D eigenvalue weighted by Gasteiger charge is 2.45. The lowest BCUT2D eigenvalue weighted by molar-refractivity contribution is -0.307. The molecule has 0 aromatic heterocycles. The van der Waals surface area contributed by atoms with Crippen molar-refractivity contribution in [2.24, 2.45) is 10.9 Å². The Hall–Kier alpha value is -3.74. The molecule has 152 valence electrons. The molecular formula is C23H18NO6-. The third-order valence-corrected chi connectivity index (χ3v) is 5.36. The molecule has 1 aliphatic carbocycles. The molecule has 0 amide bonds. The number of Topliss-reactive ketones (excluding diaryl/α,β-unsaturated/α-hetero) is 1.